The summed E-state index contributed by atoms with van der Waals surface area (Å²) in [5.74, 6) is -2.06. The predicted molar refractivity (Wildman–Crippen MR) is 146 cm³/mol. The summed E-state index contributed by atoms with van der Waals surface area (Å²) in [7, 11) is 0. The number of hydrogen-bond donors (Lipinski definition) is 1. The number of hydrogen-bond acceptors (Lipinski definition) is 6. The second kappa shape index (κ2) is 11.6. The fraction of sp³-hybridized carbons (Fsp3) is 0.185. The largest absolute Gasteiger partial charge is 0.326 e. The quantitative estimate of drug-likeness (QED) is 0.234. The van der Waals surface area contributed by atoms with E-state index < -0.39 is 34.4 Å². The summed E-state index contributed by atoms with van der Waals surface area (Å²) in [5, 5.41) is 14.4. The summed E-state index contributed by atoms with van der Waals surface area (Å²) >= 11 is 12.0. The van der Waals surface area contributed by atoms with Gasteiger partial charge in [-0.25, -0.2) is 4.90 Å². The van der Waals surface area contributed by atoms with E-state index in [0.717, 1.165) is 16.5 Å². The minimum absolute atomic E-state index is 0.0363. The van der Waals surface area contributed by atoms with Crippen LogP contribution in [-0.4, -0.2) is 46.0 Å². The normalized spacial score (nSPS) is 14.8. The predicted octanol–water partition coefficient (Wildman–Crippen LogP) is 4.88. The van der Waals surface area contributed by atoms with Crippen LogP contribution in [0.2, 0.25) is 10.0 Å². The zero-order valence-corrected chi connectivity index (χ0v) is 22.1. The van der Waals surface area contributed by atoms with E-state index in [0.29, 0.717) is 17.1 Å². The van der Waals surface area contributed by atoms with E-state index in [1.807, 2.05) is 6.07 Å². The van der Waals surface area contributed by atoms with Crippen molar-refractivity contribution in [2.24, 2.45) is 0 Å². The van der Waals surface area contributed by atoms with Gasteiger partial charge in [-0.1, -0.05) is 35.3 Å². The molecule has 0 aromatic heterocycles. The van der Waals surface area contributed by atoms with Gasteiger partial charge in [0, 0.05) is 35.8 Å². The molecule has 3 aromatic rings. The molecule has 1 fully saturated rings. The van der Waals surface area contributed by atoms with E-state index in [1.165, 1.54) is 36.1 Å². The zero-order valence-electron chi connectivity index (χ0n) is 20.6. The fourth-order valence-electron chi connectivity index (χ4n) is 4.32. The highest BCUT2D eigenvalue weighted by Gasteiger charge is 2.44. The van der Waals surface area contributed by atoms with E-state index >= 15 is 0 Å². The van der Waals surface area contributed by atoms with Crippen molar-refractivity contribution in [2.45, 2.75) is 25.8 Å². The molecule has 0 aliphatic carbocycles. The number of carbonyl (C=O) groups is 4. The first-order valence-electron chi connectivity index (χ1n) is 11.8. The maximum absolute atomic E-state index is 13.7. The second-order valence-corrected chi connectivity index (χ2v) is 9.66. The molecule has 39 heavy (non-hydrogen) atoms. The average Bonchev–Trinajstić information content (AvgIpc) is 3.17. The number of nitro groups is 1. The Labute approximate surface area is 233 Å². The van der Waals surface area contributed by atoms with Gasteiger partial charge in [-0.05, 0) is 60.5 Å². The highest BCUT2D eigenvalue weighted by molar-refractivity contribution is 6.32. The molecular weight excluding hydrogens is 547 g/mol. The average molecular weight is 569 g/mol. The van der Waals surface area contributed by atoms with Crippen LogP contribution in [0.4, 0.5) is 17.1 Å². The van der Waals surface area contributed by atoms with E-state index in [-0.39, 0.29) is 35.1 Å². The van der Waals surface area contributed by atoms with Crippen LogP contribution in [0.3, 0.4) is 0 Å². The van der Waals surface area contributed by atoms with Crippen LogP contribution in [0.25, 0.3) is 0 Å². The number of halogens is 2. The van der Waals surface area contributed by atoms with E-state index in [1.54, 1.807) is 30.3 Å². The smallest absolute Gasteiger partial charge is 0.288 e. The molecule has 4 amide bonds. The van der Waals surface area contributed by atoms with Crippen molar-refractivity contribution in [1.29, 1.82) is 0 Å². The van der Waals surface area contributed by atoms with Gasteiger partial charge >= 0.3 is 0 Å². The molecule has 10 nitrogen and oxygen atoms in total. The van der Waals surface area contributed by atoms with Crippen molar-refractivity contribution in [1.82, 2.24) is 4.90 Å². The lowest BCUT2D eigenvalue weighted by molar-refractivity contribution is -0.384. The summed E-state index contributed by atoms with van der Waals surface area (Å²) in [6.07, 6.45) is 0.0363. The minimum atomic E-state index is -1.14. The molecule has 200 valence electrons. The van der Waals surface area contributed by atoms with Crippen molar-refractivity contribution in [2.75, 3.05) is 16.8 Å². The number of nitrogens with zero attached hydrogens (tertiary/aromatic N) is 3. The number of nitrogens with one attached hydrogen (secondary N) is 1. The first kappa shape index (κ1) is 27.7. The topological polar surface area (TPSA) is 130 Å². The third-order valence-corrected chi connectivity index (χ3v) is 6.68. The number of rotatable bonds is 8. The molecule has 0 bridgehead atoms. The Hall–Kier alpha value is -4.28. The van der Waals surface area contributed by atoms with Gasteiger partial charge in [-0.2, -0.15) is 0 Å². The molecule has 1 N–H and O–H groups in total. The van der Waals surface area contributed by atoms with Crippen LogP contribution in [0.5, 0.6) is 0 Å². The molecule has 1 heterocycles. The zero-order chi connectivity index (χ0) is 28.3. The first-order chi connectivity index (χ1) is 18.5. The summed E-state index contributed by atoms with van der Waals surface area (Å²) in [6, 6.07) is 15.6. The Morgan fingerprint density at radius 2 is 1.79 bits per heavy atom. The fourth-order valence-corrected chi connectivity index (χ4v) is 4.72. The number of carbonyl (C=O) groups excluding carboxylic acids is 4. The van der Waals surface area contributed by atoms with Gasteiger partial charge < -0.3 is 10.2 Å². The Kier molecular flexibility index (Phi) is 8.27. The van der Waals surface area contributed by atoms with Gasteiger partial charge in [-0.3, -0.25) is 29.3 Å². The van der Waals surface area contributed by atoms with E-state index in [4.69, 9.17) is 23.2 Å². The Morgan fingerprint density at radius 1 is 1.08 bits per heavy atom. The molecule has 12 heteroatoms. The molecule has 3 aromatic carbocycles. The maximum Gasteiger partial charge on any atom is 0.288 e. The monoisotopic (exact) mass is 568 g/mol. The molecule has 4 rings (SSSR count). The van der Waals surface area contributed by atoms with Gasteiger partial charge in [0.05, 0.1) is 17.0 Å². The Morgan fingerprint density at radius 3 is 2.44 bits per heavy atom. The van der Waals surface area contributed by atoms with Crippen LogP contribution in [0.15, 0.2) is 66.7 Å². The summed E-state index contributed by atoms with van der Waals surface area (Å²) in [5.41, 5.74) is 1.07. The van der Waals surface area contributed by atoms with E-state index in [2.05, 4.69) is 5.32 Å². The lowest BCUT2D eigenvalue weighted by Gasteiger charge is -2.28. The Bertz CT molecular complexity index is 1480. The molecule has 0 spiro atoms. The van der Waals surface area contributed by atoms with Crippen molar-refractivity contribution in [3.05, 3.63) is 98.0 Å². The van der Waals surface area contributed by atoms with Gasteiger partial charge in [0.15, 0.2) is 0 Å². The van der Waals surface area contributed by atoms with Gasteiger partial charge in [0.1, 0.15) is 11.1 Å². The molecule has 1 aliphatic rings. The third kappa shape index (κ3) is 6.24. The second-order valence-electron chi connectivity index (χ2n) is 8.82. The number of amides is 4. The lowest BCUT2D eigenvalue weighted by Crippen LogP contribution is -2.46. The van der Waals surface area contributed by atoms with Crippen molar-refractivity contribution in [3.8, 4) is 0 Å². The van der Waals surface area contributed by atoms with E-state index in [9.17, 15) is 29.3 Å². The number of nitro benzene ring substituents is 1. The van der Waals surface area contributed by atoms with Crippen LogP contribution < -0.4 is 10.2 Å². The maximum atomic E-state index is 13.7. The van der Waals surface area contributed by atoms with Crippen molar-refractivity contribution in [3.63, 3.8) is 0 Å². The van der Waals surface area contributed by atoms with Crippen LogP contribution in [0, 0.1) is 10.1 Å². The van der Waals surface area contributed by atoms with Crippen LogP contribution >= 0.6 is 23.2 Å². The summed E-state index contributed by atoms with van der Waals surface area (Å²) < 4.78 is 0. The minimum Gasteiger partial charge on any atom is -0.326 e. The first-order valence-corrected chi connectivity index (χ1v) is 12.5. The summed E-state index contributed by atoms with van der Waals surface area (Å²) in [4.78, 5) is 64.4. The molecule has 1 aliphatic heterocycles. The molecule has 1 saturated heterocycles. The molecule has 0 saturated carbocycles. The van der Waals surface area contributed by atoms with Crippen molar-refractivity contribution < 1.29 is 24.1 Å². The number of anilines is 2. The number of imide groups is 1. The molecule has 1 atom stereocenters. The van der Waals surface area contributed by atoms with Gasteiger partial charge in [-0.15, -0.1) is 0 Å². The van der Waals surface area contributed by atoms with Gasteiger partial charge in [0.25, 0.3) is 17.5 Å². The third-order valence-electron chi connectivity index (χ3n) is 6.13. The van der Waals surface area contributed by atoms with Crippen molar-refractivity contribution >= 4 is 63.9 Å². The summed E-state index contributed by atoms with van der Waals surface area (Å²) in [6.45, 7) is 1.39. The van der Waals surface area contributed by atoms with Crippen LogP contribution in [0.1, 0.15) is 29.3 Å². The molecule has 0 radical (unpaired) electrons. The van der Waals surface area contributed by atoms with Gasteiger partial charge in [0.2, 0.25) is 11.8 Å². The SMILES string of the molecule is CC(=O)Nc1ccc(N2C(=O)CC(N(CCc3cccc(Cl)c3)C(=O)c3ccc(Cl)c([N+](=O)[O-])c3)C2=O)cc1. The Balaban J connectivity index is 1.65. The highest BCUT2D eigenvalue weighted by atomic mass is 35.5. The molecular formula is C27H22Cl2N4O6. The highest BCUT2D eigenvalue weighted by Crippen LogP contribution is 2.30. The lowest BCUT2D eigenvalue weighted by atomic mass is 10.1. The van der Waals surface area contributed by atoms with Crippen LogP contribution in [-0.2, 0) is 20.8 Å². The standard InChI is InChI=1S/C27H22Cl2N4O6/c1-16(34)30-20-6-8-21(9-7-20)32-25(35)15-24(27(32)37)31(12-11-17-3-2-4-19(28)13-17)26(36)18-5-10-22(29)23(14-18)33(38)39/h2-10,13-14,24H,11-12,15H2,1H3,(H,30,34). The molecule has 1 unspecified atom stereocenters. The number of benzene rings is 3.